The topological polar surface area (TPSA) is 26.3 Å². The third kappa shape index (κ3) is 3.49. The number of carbonyl (C=O) groups is 1. The number of ether oxygens (including phenoxy) is 1. The molecule has 0 unspecified atom stereocenters. The average Bonchev–Trinajstić information content (AvgIpc) is 2.17. The van der Waals surface area contributed by atoms with E-state index in [1.807, 2.05) is 13.8 Å². The van der Waals surface area contributed by atoms with E-state index in [0.29, 0.717) is 5.92 Å². The Hall–Kier alpha value is -0.240. The third-order valence-corrected chi connectivity index (χ3v) is 3.19. The van der Waals surface area contributed by atoms with Crippen LogP contribution in [0.2, 0.25) is 0 Å². The molecule has 0 amide bonds. The molecule has 0 aromatic carbocycles. The predicted molar refractivity (Wildman–Crippen MR) is 57.4 cm³/mol. The molecule has 0 spiro atoms. The lowest BCUT2D eigenvalue weighted by Gasteiger charge is -2.26. The van der Waals surface area contributed by atoms with Crippen LogP contribution in [0.4, 0.5) is 0 Å². The van der Waals surface area contributed by atoms with Gasteiger partial charge in [0.2, 0.25) is 0 Å². The molecule has 14 heavy (non-hydrogen) atoms. The highest BCUT2D eigenvalue weighted by atomic mass is 35.5. The summed E-state index contributed by atoms with van der Waals surface area (Å²) in [5.74, 6) is 1.44. The van der Waals surface area contributed by atoms with Gasteiger partial charge in [-0.25, -0.2) is 0 Å². The number of esters is 1. The number of hydrogen-bond donors (Lipinski definition) is 0. The maximum Gasteiger partial charge on any atom is 0.309 e. The van der Waals surface area contributed by atoms with Crippen LogP contribution in [0.5, 0.6) is 0 Å². The highest BCUT2D eigenvalue weighted by Gasteiger charge is 2.27. The molecule has 1 aliphatic carbocycles. The Balaban J connectivity index is 2.30. The van der Waals surface area contributed by atoms with E-state index >= 15 is 0 Å². The van der Waals surface area contributed by atoms with E-state index in [9.17, 15) is 4.79 Å². The van der Waals surface area contributed by atoms with Crippen molar-refractivity contribution in [3.63, 3.8) is 0 Å². The lowest BCUT2D eigenvalue weighted by atomic mass is 9.83. The van der Waals surface area contributed by atoms with E-state index in [0.717, 1.165) is 31.6 Å². The van der Waals surface area contributed by atoms with E-state index in [2.05, 4.69) is 0 Å². The molecular formula is C11H19ClO2. The van der Waals surface area contributed by atoms with Crippen LogP contribution < -0.4 is 0 Å². The summed E-state index contributed by atoms with van der Waals surface area (Å²) in [6, 6.07) is 0. The lowest BCUT2D eigenvalue weighted by Crippen LogP contribution is -2.26. The van der Waals surface area contributed by atoms with Gasteiger partial charge >= 0.3 is 5.97 Å². The van der Waals surface area contributed by atoms with Gasteiger partial charge in [-0.2, -0.15) is 0 Å². The monoisotopic (exact) mass is 218 g/mol. The molecule has 0 heterocycles. The zero-order valence-corrected chi connectivity index (χ0v) is 9.72. The molecule has 3 heteroatoms. The molecule has 0 saturated heterocycles. The minimum absolute atomic E-state index is 0.00764. The molecular weight excluding hydrogens is 200 g/mol. The maximum atomic E-state index is 11.5. The van der Waals surface area contributed by atoms with Gasteiger partial charge in [0.15, 0.2) is 0 Å². The first-order valence-electron chi connectivity index (χ1n) is 5.40. The van der Waals surface area contributed by atoms with Crippen molar-refractivity contribution >= 4 is 17.6 Å². The summed E-state index contributed by atoms with van der Waals surface area (Å²) in [5.41, 5.74) is 0. The van der Waals surface area contributed by atoms with Gasteiger partial charge < -0.3 is 4.74 Å². The fourth-order valence-corrected chi connectivity index (χ4v) is 2.19. The number of hydrogen-bond acceptors (Lipinski definition) is 2. The second-order valence-corrected chi connectivity index (χ2v) is 4.67. The molecule has 1 rings (SSSR count). The largest absolute Gasteiger partial charge is 0.463 e. The second kappa shape index (κ2) is 5.59. The average molecular weight is 219 g/mol. The van der Waals surface area contributed by atoms with Gasteiger partial charge in [-0.3, -0.25) is 4.79 Å². The summed E-state index contributed by atoms with van der Waals surface area (Å²) in [7, 11) is 0. The first-order valence-corrected chi connectivity index (χ1v) is 5.93. The third-order valence-electron chi connectivity index (χ3n) is 2.75. The molecule has 1 aliphatic rings. The molecule has 1 fully saturated rings. The first-order chi connectivity index (χ1) is 6.63. The van der Waals surface area contributed by atoms with Gasteiger partial charge in [-0.1, -0.05) is 0 Å². The van der Waals surface area contributed by atoms with Gasteiger partial charge in [-0.05, 0) is 45.4 Å². The number of carbonyl (C=O) groups excluding carboxylic acids is 1. The van der Waals surface area contributed by atoms with Crippen LogP contribution in [-0.2, 0) is 9.53 Å². The van der Waals surface area contributed by atoms with Crippen molar-refractivity contribution in [2.24, 2.45) is 11.8 Å². The Labute approximate surface area is 91.0 Å². The van der Waals surface area contributed by atoms with E-state index in [1.54, 1.807) is 0 Å². The van der Waals surface area contributed by atoms with Gasteiger partial charge in [0.1, 0.15) is 0 Å². The van der Waals surface area contributed by atoms with Gasteiger partial charge in [0.05, 0.1) is 12.0 Å². The van der Waals surface area contributed by atoms with Gasteiger partial charge in [0, 0.05) is 5.88 Å². The SMILES string of the molecule is CC(C)OC(=O)C1CCC(CCl)CC1. The summed E-state index contributed by atoms with van der Waals surface area (Å²) < 4.78 is 5.19. The molecule has 0 aliphatic heterocycles. The van der Waals surface area contributed by atoms with Crippen molar-refractivity contribution in [1.82, 2.24) is 0 Å². The first kappa shape index (κ1) is 11.8. The lowest BCUT2D eigenvalue weighted by molar-refractivity contribution is -0.153. The Morgan fingerprint density at radius 3 is 2.36 bits per heavy atom. The fourth-order valence-electron chi connectivity index (χ4n) is 1.88. The Morgan fingerprint density at radius 2 is 1.93 bits per heavy atom. The molecule has 2 nitrogen and oxygen atoms in total. The molecule has 0 aromatic rings. The van der Waals surface area contributed by atoms with Crippen LogP contribution in [-0.4, -0.2) is 18.0 Å². The maximum absolute atomic E-state index is 11.5. The highest BCUT2D eigenvalue weighted by Crippen LogP contribution is 2.30. The van der Waals surface area contributed by atoms with E-state index in [-0.39, 0.29) is 18.0 Å². The second-order valence-electron chi connectivity index (χ2n) is 4.36. The minimum atomic E-state index is -0.0203. The number of rotatable bonds is 3. The highest BCUT2D eigenvalue weighted by molar-refractivity contribution is 6.18. The normalized spacial score (nSPS) is 27.7. The van der Waals surface area contributed by atoms with Crippen LogP contribution >= 0.6 is 11.6 Å². The molecule has 0 atom stereocenters. The van der Waals surface area contributed by atoms with E-state index < -0.39 is 0 Å². The molecule has 82 valence electrons. The van der Waals surface area contributed by atoms with Gasteiger partial charge in [-0.15, -0.1) is 11.6 Å². The zero-order chi connectivity index (χ0) is 10.6. The quantitative estimate of drug-likeness (QED) is 0.538. The Kier molecular flexibility index (Phi) is 4.73. The van der Waals surface area contributed by atoms with Crippen molar-refractivity contribution in [1.29, 1.82) is 0 Å². The summed E-state index contributed by atoms with van der Waals surface area (Å²) in [6.07, 6.45) is 4.04. The van der Waals surface area contributed by atoms with Crippen molar-refractivity contribution in [2.75, 3.05) is 5.88 Å². The van der Waals surface area contributed by atoms with E-state index in [4.69, 9.17) is 16.3 Å². The Morgan fingerprint density at radius 1 is 1.36 bits per heavy atom. The van der Waals surface area contributed by atoms with Crippen molar-refractivity contribution in [3.8, 4) is 0 Å². The summed E-state index contributed by atoms with van der Waals surface area (Å²) >= 11 is 5.78. The smallest absolute Gasteiger partial charge is 0.309 e. The summed E-state index contributed by atoms with van der Waals surface area (Å²) in [5, 5.41) is 0. The summed E-state index contributed by atoms with van der Waals surface area (Å²) in [4.78, 5) is 11.5. The van der Waals surface area contributed by atoms with Crippen LogP contribution in [0.15, 0.2) is 0 Å². The standard InChI is InChI=1S/C11H19ClO2/c1-8(2)14-11(13)10-5-3-9(7-12)4-6-10/h8-10H,3-7H2,1-2H3. The van der Waals surface area contributed by atoms with Crippen LogP contribution in [0.3, 0.4) is 0 Å². The van der Waals surface area contributed by atoms with Crippen molar-refractivity contribution in [2.45, 2.75) is 45.6 Å². The number of alkyl halides is 1. The summed E-state index contributed by atoms with van der Waals surface area (Å²) in [6.45, 7) is 3.78. The molecule has 1 saturated carbocycles. The Bertz CT molecular complexity index is 184. The number of halogens is 1. The van der Waals surface area contributed by atoms with Crippen LogP contribution in [0.1, 0.15) is 39.5 Å². The van der Waals surface area contributed by atoms with E-state index in [1.165, 1.54) is 0 Å². The van der Waals surface area contributed by atoms with Crippen molar-refractivity contribution < 1.29 is 9.53 Å². The molecule has 0 radical (unpaired) electrons. The molecule has 0 bridgehead atoms. The molecule has 0 N–H and O–H groups in total. The van der Waals surface area contributed by atoms with Crippen molar-refractivity contribution in [3.05, 3.63) is 0 Å². The minimum Gasteiger partial charge on any atom is -0.463 e. The van der Waals surface area contributed by atoms with Crippen LogP contribution in [0.25, 0.3) is 0 Å². The molecule has 0 aromatic heterocycles. The zero-order valence-electron chi connectivity index (χ0n) is 8.96. The van der Waals surface area contributed by atoms with Gasteiger partial charge in [0.25, 0.3) is 0 Å². The van der Waals surface area contributed by atoms with Crippen LogP contribution in [0, 0.1) is 11.8 Å². The predicted octanol–water partition coefficient (Wildman–Crippen LogP) is 2.98. The fraction of sp³-hybridized carbons (Fsp3) is 0.909.